The number of halogens is 1. The predicted octanol–water partition coefficient (Wildman–Crippen LogP) is 3.48. The third-order valence-corrected chi connectivity index (χ3v) is 4.11. The molecule has 0 aliphatic carbocycles. The Morgan fingerprint density at radius 2 is 1.88 bits per heavy atom. The number of hydrogen-bond donors (Lipinski definition) is 2. The molecule has 2 aromatic carbocycles. The quantitative estimate of drug-likeness (QED) is 0.753. The molecular formula is C19H20ClNO5. The van der Waals surface area contributed by atoms with Gasteiger partial charge in [0.1, 0.15) is 11.5 Å². The van der Waals surface area contributed by atoms with E-state index in [1.54, 1.807) is 31.2 Å². The van der Waals surface area contributed by atoms with Crippen molar-refractivity contribution in [2.75, 3.05) is 12.4 Å². The number of nitrogens with one attached hydrogen (secondary N) is 1. The Morgan fingerprint density at radius 1 is 1.23 bits per heavy atom. The first-order chi connectivity index (χ1) is 12.3. The van der Waals surface area contributed by atoms with Crippen LogP contribution in [0.4, 0.5) is 5.69 Å². The molecule has 0 saturated carbocycles. The number of methoxy groups -OCH3 is 1. The van der Waals surface area contributed by atoms with Gasteiger partial charge in [-0.1, -0.05) is 23.7 Å². The van der Waals surface area contributed by atoms with E-state index in [0.29, 0.717) is 22.0 Å². The Labute approximate surface area is 156 Å². The van der Waals surface area contributed by atoms with Crippen molar-refractivity contribution in [2.24, 2.45) is 0 Å². The molecule has 7 heteroatoms. The van der Waals surface area contributed by atoms with Crippen LogP contribution in [0, 0.1) is 6.92 Å². The van der Waals surface area contributed by atoms with Crippen molar-refractivity contribution < 1.29 is 24.2 Å². The molecule has 0 saturated heterocycles. The van der Waals surface area contributed by atoms with Crippen LogP contribution in [0.1, 0.15) is 18.1 Å². The highest BCUT2D eigenvalue weighted by atomic mass is 35.5. The van der Waals surface area contributed by atoms with Gasteiger partial charge in [0.2, 0.25) is 0 Å². The Hall–Kier alpha value is -2.73. The topological polar surface area (TPSA) is 84.9 Å². The first-order valence-electron chi connectivity index (χ1n) is 7.92. The van der Waals surface area contributed by atoms with Gasteiger partial charge in [-0.15, -0.1) is 0 Å². The molecule has 0 bridgehead atoms. The van der Waals surface area contributed by atoms with E-state index in [2.05, 4.69) is 5.32 Å². The maximum Gasteiger partial charge on any atom is 0.311 e. The number of carbonyl (C=O) groups is 2. The van der Waals surface area contributed by atoms with Crippen molar-refractivity contribution in [1.29, 1.82) is 0 Å². The number of esters is 1. The van der Waals surface area contributed by atoms with E-state index in [-0.39, 0.29) is 12.2 Å². The summed E-state index contributed by atoms with van der Waals surface area (Å²) in [5.41, 5.74) is 1.90. The van der Waals surface area contributed by atoms with Crippen LogP contribution in [0.3, 0.4) is 0 Å². The summed E-state index contributed by atoms with van der Waals surface area (Å²) in [6, 6.07) is 9.48. The largest absolute Gasteiger partial charge is 0.508 e. The standard InChI is InChI=1S/C19H20ClNO5/c1-11-8-16(17(25-3)10-15(11)20)21-19(24)12(2)26-18(23)9-13-4-6-14(22)7-5-13/h4-8,10,12,22H,9H2,1-3H3,(H,21,24)/t12-/m1/s1. The fraction of sp³-hybridized carbons (Fsp3) is 0.263. The Balaban J connectivity index is 1.98. The van der Waals surface area contributed by atoms with Crippen LogP contribution in [0.5, 0.6) is 11.5 Å². The third-order valence-electron chi connectivity index (χ3n) is 3.70. The van der Waals surface area contributed by atoms with E-state index < -0.39 is 18.0 Å². The summed E-state index contributed by atoms with van der Waals surface area (Å²) in [5.74, 6) is -0.500. The van der Waals surface area contributed by atoms with Gasteiger partial charge >= 0.3 is 5.97 Å². The highest BCUT2D eigenvalue weighted by molar-refractivity contribution is 6.31. The van der Waals surface area contributed by atoms with E-state index in [1.807, 2.05) is 0 Å². The molecule has 138 valence electrons. The Morgan fingerprint density at radius 3 is 2.50 bits per heavy atom. The van der Waals surface area contributed by atoms with Gasteiger partial charge in [-0.2, -0.15) is 0 Å². The number of anilines is 1. The van der Waals surface area contributed by atoms with Crippen LogP contribution in [0.15, 0.2) is 36.4 Å². The molecule has 0 unspecified atom stereocenters. The molecule has 0 aromatic heterocycles. The van der Waals surface area contributed by atoms with Gasteiger partial charge in [-0.05, 0) is 43.2 Å². The second-order valence-electron chi connectivity index (χ2n) is 5.77. The van der Waals surface area contributed by atoms with Crippen LogP contribution >= 0.6 is 11.6 Å². The molecule has 0 spiro atoms. The number of aryl methyl sites for hydroxylation is 1. The maximum absolute atomic E-state index is 12.3. The van der Waals surface area contributed by atoms with Crippen molar-refractivity contribution in [3.8, 4) is 11.5 Å². The van der Waals surface area contributed by atoms with Crippen LogP contribution in [0.25, 0.3) is 0 Å². The number of benzene rings is 2. The van der Waals surface area contributed by atoms with Crippen molar-refractivity contribution in [3.63, 3.8) is 0 Å². The lowest BCUT2D eigenvalue weighted by atomic mass is 10.1. The minimum atomic E-state index is -0.986. The number of amides is 1. The van der Waals surface area contributed by atoms with Crippen LogP contribution in [-0.2, 0) is 20.7 Å². The molecule has 0 fully saturated rings. The highest BCUT2D eigenvalue weighted by Crippen LogP contribution is 2.31. The van der Waals surface area contributed by atoms with Crippen LogP contribution in [-0.4, -0.2) is 30.2 Å². The zero-order valence-corrected chi connectivity index (χ0v) is 15.5. The smallest absolute Gasteiger partial charge is 0.311 e. The van der Waals surface area contributed by atoms with Gasteiger partial charge in [0, 0.05) is 11.1 Å². The van der Waals surface area contributed by atoms with Crippen molar-refractivity contribution in [2.45, 2.75) is 26.4 Å². The zero-order valence-electron chi connectivity index (χ0n) is 14.7. The normalized spacial score (nSPS) is 11.5. The van der Waals surface area contributed by atoms with Gasteiger partial charge in [0.15, 0.2) is 6.10 Å². The number of ether oxygens (including phenoxy) is 2. The summed E-state index contributed by atoms with van der Waals surface area (Å²) in [5, 5.41) is 12.4. The first kappa shape index (κ1) is 19.6. The summed E-state index contributed by atoms with van der Waals surface area (Å²) >= 11 is 6.04. The first-order valence-corrected chi connectivity index (χ1v) is 8.30. The molecule has 2 rings (SSSR count). The number of phenolic OH excluding ortho intramolecular Hbond substituents is 1. The Kier molecular flexibility index (Phi) is 6.46. The third kappa shape index (κ3) is 5.13. The maximum atomic E-state index is 12.3. The number of carbonyl (C=O) groups excluding carboxylic acids is 2. The fourth-order valence-corrected chi connectivity index (χ4v) is 2.39. The van der Waals surface area contributed by atoms with E-state index in [9.17, 15) is 14.7 Å². The molecule has 1 amide bonds. The molecule has 1 atom stereocenters. The lowest BCUT2D eigenvalue weighted by Gasteiger charge is -2.16. The van der Waals surface area contributed by atoms with Gasteiger partial charge in [0.25, 0.3) is 5.91 Å². The molecule has 0 aliphatic rings. The molecule has 0 heterocycles. The van der Waals surface area contributed by atoms with E-state index in [1.165, 1.54) is 26.2 Å². The lowest BCUT2D eigenvalue weighted by Crippen LogP contribution is -2.30. The molecule has 0 radical (unpaired) electrons. The van der Waals surface area contributed by atoms with Gasteiger partial charge in [-0.3, -0.25) is 9.59 Å². The second-order valence-corrected chi connectivity index (χ2v) is 6.17. The van der Waals surface area contributed by atoms with Crippen LogP contribution < -0.4 is 10.1 Å². The number of rotatable bonds is 6. The molecule has 2 N–H and O–H groups in total. The van der Waals surface area contributed by atoms with E-state index in [0.717, 1.165) is 5.56 Å². The van der Waals surface area contributed by atoms with Crippen molar-refractivity contribution >= 4 is 29.2 Å². The average molecular weight is 378 g/mol. The fourth-order valence-electron chi connectivity index (χ4n) is 2.24. The van der Waals surface area contributed by atoms with E-state index in [4.69, 9.17) is 21.1 Å². The summed E-state index contributed by atoms with van der Waals surface area (Å²) in [6.45, 7) is 3.29. The summed E-state index contributed by atoms with van der Waals surface area (Å²) in [4.78, 5) is 24.3. The minimum Gasteiger partial charge on any atom is -0.508 e. The van der Waals surface area contributed by atoms with Gasteiger partial charge in [-0.25, -0.2) is 0 Å². The number of phenols is 1. The number of aromatic hydroxyl groups is 1. The SMILES string of the molecule is COc1cc(Cl)c(C)cc1NC(=O)[C@@H](C)OC(=O)Cc1ccc(O)cc1. The zero-order chi connectivity index (χ0) is 19.3. The van der Waals surface area contributed by atoms with E-state index >= 15 is 0 Å². The average Bonchev–Trinajstić information content (AvgIpc) is 2.59. The molecule has 6 nitrogen and oxygen atoms in total. The molecule has 26 heavy (non-hydrogen) atoms. The molecule has 2 aromatic rings. The molecular weight excluding hydrogens is 358 g/mol. The summed E-state index contributed by atoms with van der Waals surface area (Å²) in [7, 11) is 1.47. The highest BCUT2D eigenvalue weighted by Gasteiger charge is 2.20. The second kappa shape index (κ2) is 8.58. The van der Waals surface area contributed by atoms with Crippen molar-refractivity contribution in [1.82, 2.24) is 0 Å². The van der Waals surface area contributed by atoms with Crippen LogP contribution in [0.2, 0.25) is 5.02 Å². The summed E-state index contributed by atoms with van der Waals surface area (Å²) < 4.78 is 10.4. The van der Waals surface area contributed by atoms with Gasteiger partial charge in [0.05, 0.1) is 19.2 Å². The van der Waals surface area contributed by atoms with Gasteiger partial charge < -0.3 is 19.9 Å². The molecule has 0 aliphatic heterocycles. The Bertz CT molecular complexity index is 804. The predicted molar refractivity (Wildman–Crippen MR) is 98.7 cm³/mol. The minimum absolute atomic E-state index is 0.00126. The summed E-state index contributed by atoms with van der Waals surface area (Å²) in [6.07, 6.45) is -0.985. The van der Waals surface area contributed by atoms with Crippen molar-refractivity contribution in [3.05, 3.63) is 52.5 Å². The monoisotopic (exact) mass is 377 g/mol. The number of hydrogen-bond acceptors (Lipinski definition) is 5. The lowest BCUT2D eigenvalue weighted by molar-refractivity contribution is -0.152.